The largest absolute Gasteiger partial charge is 0.349 e. The number of amides is 1. The summed E-state index contributed by atoms with van der Waals surface area (Å²) in [6.07, 6.45) is 0.813. The van der Waals surface area contributed by atoms with Gasteiger partial charge in [-0.15, -0.1) is 0 Å². The van der Waals surface area contributed by atoms with E-state index in [1.807, 2.05) is 13.8 Å². The Morgan fingerprint density at radius 1 is 1.47 bits per heavy atom. The van der Waals surface area contributed by atoms with Crippen molar-refractivity contribution in [2.24, 2.45) is 5.41 Å². The molecule has 0 spiro atoms. The van der Waals surface area contributed by atoms with Crippen molar-refractivity contribution < 1.29 is 17.6 Å². The van der Waals surface area contributed by atoms with Crippen LogP contribution in [0.3, 0.4) is 0 Å². The third kappa shape index (κ3) is 3.06. The maximum atomic E-state index is 13.6. The zero-order chi connectivity index (χ0) is 14.4. The van der Waals surface area contributed by atoms with Crippen LogP contribution in [0.1, 0.15) is 30.6 Å². The van der Waals surface area contributed by atoms with E-state index >= 15 is 0 Å². The van der Waals surface area contributed by atoms with Gasteiger partial charge in [0.1, 0.15) is 5.82 Å². The van der Waals surface area contributed by atoms with Gasteiger partial charge in [-0.2, -0.15) is 0 Å². The molecule has 104 valence electrons. The average molecular weight is 306 g/mol. The molecule has 1 aromatic carbocycles. The third-order valence-electron chi connectivity index (χ3n) is 3.28. The molecular formula is C12H13ClFNO3S. The number of nitrogens with one attached hydrogen (secondary N) is 1. The maximum absolute atomic E-state index is 13.6. The summed E-state index contributed by atoms with van der Waals surface area (Å²) >= 11 is 0. The van der Waals surface area contributed by atoms with Crippen molar-refractivity contribution in [1.82, 2.24) is 5.32 Å². The Kier molecular flexibility index (Phi) is 3.35. The average Bonchev–Trinajstić information content (AvgIpc) is 2.84. The van der Waals surface area contributed by atoms with Crippen LogP contribution in [0.5, 0.6) is 0 Å². The molecule has 0 heterocycles. The minimum absolute atomic E-state index is 0.00229. The lowest BCUT2D eigenvalue weighted by Gasteiger charge is -2.08. The van der Waals surface area contributed by atoms with E-state index in [1.54, 1.807) is 0 Å². The van der Waals surface area contributed by atoms with E-state index in [1.165, 1.54) is 0 Å². The summed E-state index contributed by atoms with van der Waals surface area (Å²) in [6.45, 7) is 3.96. The third-order valence-corrected chi connectivity index (χ3v) is 4.63. The van der Waals surface area contributed by atoms with E-state index in [-0.39, 0.29) is 21.9 Å². The van der Waals surface area contributed by atoms with Gasteiger partial charge in [0.25, 0.3) is 15.0 Å². The molecule has 1 aromatic rings. The molecule has 19 heavy (non-hydrogen) atoms. The van der Waals surface area contributed by atoms with Crippen molar-refractivity contribution in [2.75, 3.05) is 0 Å². The fourth-order valence-corrected chi connectivity index (χ4v) is 2.56. The molecule has 1 saturated carbocycles. The van der Waals surface area contributed by atoms with E-state index in [4.69, 9.17) is 10.7 Å². The first-order valence-electron chi connectivity index (χ1n) is 5.66. The second-order valence-electron chi connectivity index (χ2n) is 5.30. The lowest BCUT2D eigenvalue weighted by molar-refractivity contribution is 0.0942. The van der Waals surface area contributed by atoms with Crippen LogP contribution in [0.4, 0.5) is 4.39 Å². The predicted octanol–water partition coefficient (Wildman–Crippen LogP) is 2.28. The topological polar surface area (TPSA) is 63.2 Å². The van der Waals surface area contributed by atoms with Gasteiger partial charge in [0.15, 0.2) is 0 Å². The number of carbonyl (C=O) groups excluding carboxylic acids is 1. The van der Waals surface area contributed by atoms with Crippen molar-refractivity contribution in [2.45, 2.75) is 31.2 Å². The molecule has 0 bridgehead atoms. The van der Waals surface area contributed by atoms with Crippen molar-refractivity contribution >= 4 is 25.6 Å². The summed E-state index contributed by atoms with van der Waals surface area (Å²) in [5.41, 5.74) is -0.313. The molecule has 2 rings (SSSR count). The Bertz CT molecular complexity index is 642. The number of rotatable bonds is 3. The van der Waals surface area contributed by atoms with Gasteiger partial charge >= 0.3 is 0 Å². The highest BCUT2D eigenvalue weighted by Crippen LogP contribution is 2.44. The van der Waals surface area contributed by atoms with E-state index in [2.05, 4.69) is 5.32 Å². The first-order chi connectivity index (χ1) is 8.61. The molecule has 4 nitrogen and oxygen atoms in total. The highest BCUT2D eigenvalue weighted by Gasteiger charge is 2.46. The Morgan fingerprint density at radius 2 is 2.05 bits per heavy atom. The fraction of sp³-hybridized carbons (Fsp3) is 0.417. The highest BCUT2D eigenvalue weighted by atomic mass is 35.7. The molecule has 1 amide bonds. The second kappa shape index (κ2) is 4.45. The van der Waals surface area contributed by atoms with E-state index < -0.39 is 20.8 Å². The van der Waals surface area contributed by atoms with Crippen molar-refractivity contribution in [3.05, 3.63) is 29.6 Å². The molecule has 0 radical (unpaired) electrons. The van der Waals surface area contributed by atoms with Gasteiger partial charge in [-0.3, -0.25) is 4.79 Å². The predicted molar refractivity (Wildman–Crippen MR) is 69.1 cm³/mol. The van der Waals surface area contributed by atoms with Gasteiger partial charge < -0.3 is 5.32 Å². The summed E-state index contributed by atoms with van der Waals surface area (Å²) in [5.74, 6) is -1.41. The Morgan fingerprint density at radius 3 is 2.53 bits per heavy atom. The zero-order valence-electron chi connectivity index (χ0n) is 10.4. The molecule has 0 aliphatic heterocycles. The molecule has 7 heteroatoms. The van der Waals surface area contributed by atoms with Crippen molar-refractivity contribution in [3.63, 3.8) is 0 Å². The number of hydrogen-bond donors (Lipinski definition) is 1. The molecule has 0 aromatic heterocycles. The molecule has 1 fully saturated rings. The second-order valence-corrected chi connectivity index (χ2v) is 7.86. The summed E-state index contributed by atoms with van der Waals surface area (Å²) in [5, 5.41) is 2.66. The summed E-state index contributed by atoms with van der Waals surface area (Å²) in [7, 11) is 1.18. The van der Waals surface area contributed by atoms with Gasteiger partial charge in [-0.05, 0) is 30.0 Å². The van der Waals surface area contributed by atoms with Crippen LogP contribution < -0.4 is 5.32 Å². The highest BCUT2D eigenvalue weighted by molar-refractivity contribution is 8.13. The number of hydrogen-bond acceptors (Lipinski definition) is 3. The quantitative estimate of drug-likeness (QED) is 0.871. The first kappa shape index (κ1) is 14.3. The van der Waals surface area contributed by atoms with Crippen LogP contribution >= 0.6 is 10.7 Å². The zero-order valence-corrected chi connectivity index (χ0v) is 12.0. The van der Waals surface area contributed by atoms with E-state index in [0.29, 0.717) is 0 Å². The normalized spacial score (nSPS) is 20.9. The maximum Gasteiger partial charge on any atom is 0.261 e. The Hall–Kier alpha value is -1.14. The van der Waals surface area contributed by atoms with Gasteiger partial charge in [0.2, 0.25) is 0 Å². The minimum atomic E-state index is -3.99. The molecule has 1 aliphatic carbocycles. The van der Waals surface area contributed by atoms with Crippen LogP contribution in [0.2, 0.25) is 0 Å². The fourth-order valence-electron chi connectivity index (χ4n) is 1.78. The summed E-state index contributed by atoms with van der Waals surface area (Å²) < 4.78 is 35.9. The molecule has 1 N–H and O–H groups in total. The molecular weight excluding hydrogens is 293 g/mol. The Labute approximate surface area is 115 Å². The lowest BCUT2D eigenvalue weighted by Crippen LogP contribution is -2.29. The minimum Gasteiger partial charge on any atom is -0.349 e. The van der Waals surface area contributed by atoms with Gasteiger partial charge in [0.05, 0.1) is 10.5 Å². The monoisotopic (exact) mass is 305 g/mol. The van der Waals surface area contributed by atoms with Crippen LogP contribution in [-0.4, -0.2) is 20.4 Å². The lowest BCUT2D eigenvalue weighted by atomic mass is 10.1. The first-order valence-corrected chi connectivity index (χ1v) is 7.97. The van der Waals surface area contributed by atoms with Crippen LogP contribution in [0.15, 0.2) is 23.1 Å². The van der Waals surface area contributed by atoms with Crippen LogP contribution in [0.25, 0.3) is 0 Å². The molecule has 0 saturated heterocycles. The SMILES string of the molecule is CC1(C)CC1NC(=O)c1cc(S(=O)(=O)Cl)ccc1F. The molecule has 1 unspecified atom stereocenters. The smallest absolute Gasteiger partial charge is 0.261 e. The van der Waals surface area contributed by atoms with E-state index in [0.717, 1.165) is 24.6 Å². The van der Waals surface area contributed by atoms with Crippen molar-refractivity contribution in [3.8, 4) is 0 Å². The van der Waals surface area contributed by atoms with Gasteiger partial charge in [-0.1, -0.05) is 13.8 Å². The number of carbonyl (C=O) groups is 1. The Balaban J connectivity index is 2.26. The standard InChI is InChI=1S/C12H13ClFNO3S/c1-12(2)6-10(12)15-11(16)8-5-7(19(13,17)18)3-4-9(8)14/h3-5,10H,6H2,1-2H3,(H,15,16). The molecule has 1 atom stereocenters. The number of benzene rings is 1. The van der Waals surface area contributed by atoms with Gasteiger partial charge in [0, 0.05) is 16.7 Å². The summed E-state index contributed by atoms with van der Waals surface area (Å²) in [6, 6.07) is 2.87. The summed E-state index contributed by atoms with van der Waals surface area (Å²) in [4.78, 5) is 11.6. The van der Waals surface area contributed by atoms with Crippen LogP contribution in [0, 0.1) is 11.2 Å². The van der Waals surface area contributed by atoms with Gasteiger partial charge in [-0.25, -0.2) is 12.8 Å². The van der Waals surface area contributed by atoms with E-state index in [9.17, 15) is 17.6 Å². The number of halogens is 2. The van der Waals surface area contributed by atoms with Crippen molar-refractivity contribution in [1.29, 1.82) is 0 Å². The molecule has 1 aliphatic rings. The van der Waals surface area contributed by atoms with Crippen LogP contribution in [-0.2, 0) is 9.05 Å².